The number of aryl methyl sites for hydroxylation is 1. The number of hydrogen-bond acceptors (Lipinski definition) is 4. The molecule has 1 aliphatic rings. The molecule has 2 amide bonds. The normalized spacial score (nSPS) is 14.4. The Morgan fingerprint density at radius 3 is 2.59 bits per heavy atom. The van der Waals surface area contributed by atoms with Crippen LogP contribution in [0.4, 0.5) is 4.79 Å². The molecule has 6 nitrogen and oxygen atoms in total. The lowest BCUT2D eigenvalue weighted by Crippen LogP contribution is -2.36. The van der Waals surface area contributed by atoms with Crippen LogP contribution in [0, 0.1) is 6.92 Å². The number of carbonyl (C=O) groups is 1. The molecule has 3 rings (SSSR count). The number of amides is 2. The molecule has 1 heterocycles. The summed E-state index contributed by atoms with van der Waals surface area (Å²) in [6.45, 7) is 8.26. The van der Waals surface area contributed by atoms with E-state index in [4.69, 9.17) is 9.47 Å². The van der Waals surface area contributed by atoms with E-state index in [1.54, 1.807) is 0 Å². The molecular weight excluding hydrogens is 366 g/mol. The van der Waals surface area contributed by atoms with E-state index in [0.717, 1.165) is 50.6 Å². The van der Waals surface area contributed by atoms with E-state index in [0.29, 0.717) is 19.7 Å². The van der Waals surface area contributed by atoms with Crippen molar-refractivity contribution in [2.45, 2.75) is 26.4 Å². The molecule has 0 aliphatic carbocycles. The van der Waals surface area contributed by atoms with E-state index in [1.165, 1.54) is 11.1 Å². The predicted molar refractivity (Wildman–Crippen MR) is 114 cm³/mol. The highest BCUT2D eigenvalue weighted by molar-refractivity contribution is 5.73. The van der Waals surface area contributed by atoms with Gasteiger partial charge in [0, 0.05) is 32.7 Å². The zero-order chi connectivity index (χ0) is 20.3. The first-order valence-electron chi connectivity index (χ1n) is 10.3. The third kappa shape index (κ3) is 7.75. The summed E-state index contributed by atoms with van der Waals surface area (Å²) in [6, 6.07) is 16.2. The van der Waals surface area contributed by atoms with E-state index in [-0.39, 0.29) is 6.03 Å². The van der Waals surface area contributed by atoms with Gasteiger partial charge in [-0.25, -0.2) is 4.79 Å². The second-order valence-electron chi connectivity index (χ2n) is 7.33. The fourth-order valence-corrected chi connectivity index (χ4v) is 3.19. The summed E-state index contributed by atoms with van der Waals surface area (Å²) in [7, 11) is 0. The van der Waals surface area contributed by atoms with Gasteiger partial charge in [0.2, 0.25) is 0 Å². The summed E-state index contributed by atoms with van der Waals surface area (Å²) in [6.07, 6.45) is 0.762. The first kappa shape index (κ1) is 21.1. The highest BCUT2D eigenvalue weighted by atomic mass is 16.5. The summed E-state index contributed by atoms with van der Waals surface area (Å²) in [4.78, 5) is 14.3. The second kappa shape index (κ2) is 11.4. The van der Waals surface area contributed by atoms with E-state index in [1.807, 2.05) is 31.2 Å². The maximum Gasteiger partial charge on any atom is 0.315 e. The minimum atomic E-state index is -0.155. The standard InChI is InChI=1S/C23H31N3O3/c1-19-4-2-5-22(16-19)29-13-3-10-24-23(27)25-17-20-6-8-21(9-7-20)18-26-11-14-28-15-12-26/h2,4-9,16H,3,10-15,17-18H2,1H3,(H2,24,25,27). The van der Waals surface area contributed by atoms with Gasteiger partial charge >= 0.3 is 6.03 Å². The van der Waals surface area contributed by atoms with Crippen molar-refractivity contribution in [1.29, 1.82) is 0 Å². The molecular formula is C23H31N3O3. The van der Waals surface area contributed by atoms with Gasteiger partial charge < -0.3 is 20.1 Å². The van der Waals surface area contributed by atoms with Crippen LogP contribution >= 0.6 is 0 Å². The van der Waals surface area contributed by atoms with Crippen LogP contribution in [0.25, 0.3) is 0 Å². The highest BCUT2D eigenvalue weighted by Crippen LogP contribution is 2.12. The van der Waals surface area contributed by atoms with Crippen LogP contribution in [0.3, 0.4) is 0 Å². The van der Waals surface area contributed by atoms with Crippen molar-refractivity contribution < 1.29 is 14.3 Å². The molecule has 2 aromatic rings. The quantitative estimate of drug-likeness (QED) is 0.639. The van der Waals surface area contributed by atoms with Crippen molar-refractivity contribution in [3.05, 3.63) is 65.2 Å². The molecule has 0 saturated carbocycles. The van der Waals surface area contributed by atoms with Crippen molar-refractivity contribution in [1.82, 2.24) is 15.5 Å². The summed E-state index contributed by atoms with van der Waals surface area (Å²) < 4.78 is 11.1. The SMILES string of the molecule is Cc1cccc(OCCCNC(=O)NCc2ccc(CN3CCOCC3)cc2)c1. The predicted octanol–water partition coefficient (Wildman–Crippen LogP) is 3.10. The van der Waals surface area contributed by atoms with E-state index < -0.39 is 0 Å². The molecule has 0 spiro atoms. The Labute approximate surface area is 173 Å². The number of morpholine rings is 1. The van der Waals surface area contributed by atoms with Gasteiger partial charge in [-0.2, -0.15) is 0 Å². The Hall–Kier alpha value is -2.57. The van der Waals surface area contributed by atoms with Crippen LogP contribution < -0.4 is 15.4 Å². The summed E-state index contributed by atoms with van der Waals surface area (Å²) in [5.41, 5.74) is 3.55. The smallest absolute Gasteiger partial charge is 0.315 e. The van der Waals surface area contributed by atoms with Crippen molar-refractivity contribution in [3.8, 4) is 5.75 Å². The van der Waals surface area contributed by atoms with Gasteiger partial charge in [-0.1, -0.05) is 36.4 Å². The van der Waals surface area contributed by atoms with E-state index in [2.05, 4.69) is 39.8 Å². The van der Waals surface area contributed by atoms with Crippen LogP contribution in [0.2, 0.25) is 0 Å². The van der Waals surface area contributed by atoms with Crippen LogP contribution in [0.15, 0.2) is 48.5 Å². The summed E-state index contributed by atoms with van der Waals surface area (Å²) >= 11 is 0. The van der Waals surface area contributed by atoms with Gasteiger partial charge in [0.05, 0.1) is 19.8 Å². The fourth-order valence-electron chi connectivity index (χ4n) is 3.19. The second-order valence-corrected chi connectivity index (χ2v) is 7.33. The molecule has 1 aliphatic heterocycles. The van der Waals surface area contributed by atoms with Crippen molar-refractivity contribution in [2.75, 3.05) is 39.5 Å². The number of urea groups is 1. The van der Waals surface area contributed by atoms with Crippen molar-refractivity contribution in [2.24, 2.45) is 0 Å². The van der Waals surface area contributed by atoms with Gasteiger partial charge in [0.15, 0.2) is 0 Å². The van der Waals surface area contributed by atoms with Gasteiger partial charge in [-0.3, -0.25) is 4.90 Å². The number of nitrogens with zero attached hydrogens (tertiary/aromatic N) is 1. The minimum absolute atomic E-state index is 0.155. The number of nitrogens with one attached hydrogen (secondary N) is 2. The fraction of sp³-hybridized carbons (Fsp3) is 0.435. The van der Waals surface area contributed by atoms with Gasteiger partial charge in [0.1, 0.15) is 5.75 Å². The molecule has 0 unspecified atom stereocenters. The van der Waals surface area contributed by atoms with Crippen molar-refractivity contribution in [3.63, 3.8) is 0 Å². The largest absolute Gasteiger partial charge is 0.494 e. The summed E-state index contributed by atoms with van der Waals surface area (Å²) in [5, 5.41) is 5.77. The van der Waals surface area contributed by atoms with Gasteiger partial charge in [0.25, 0.3) is 0 Å². The lowest BCUT2D eigenvalue weighted by atomic mass is 10.1. The Morgan fingerprint density at radius 1 is 1.07 bits per heavy atom. The monoisotopic (exact) mass is 397 g/mol. The average Bonchev–Trinajstić information content (AvgIpc) is 2.74. The maximum atomic E-state index is 11.9. The highest BCUT2D eigenvalue weighted by Gasteiger charge is 2.10. The molecule has 1 fully saturated rings. The van der Waals surface area contributed by atoms with Crippen LogP contribution in [0.5, 0.6) is 5.75 Å². The third-order valence-corrected chi connectivity index (χ3v) is 4.85. The summed E-state index contributed by atoms with van der Waals surface area (Å²) in [5.74, 6) is 0.867. The molecule has 156 valence electrons. The molecule has 0 aromatic heterocycles. The van der Waals surface area contributed by atoms with Crippen LogP contribution in [-0.2, 0) is 17.8 Å². The first-order valence-corrected chi connectivity index (χ1v) is 10.3. The Bertz CT molecular complexity index is 758. The Balaban J connectivity index is 1.28. The van der Waals surface area contributed by atoms with Crippen LogP contribution in [0.1, 0.15) is 23.1 Å². The molecule has 0 radical (unpaired) electrons. The molecule has 6 heteroatoms. The molecule has 1 saturated heterocycles. The van der Waals surface area contributed by atoms with E-state index >= 15 is 0 Å². The number of ether oxygens (including phenoxy) is 2. The third-order valence-electron chi connectivity index (χ3n) is 4.85. The zero-order valence-electron chi connectivity index (χ0n) is 17.2. The molecule has 0 atom stereocenters. The number of hydrogen-bond donors (Lipinski definition) is 2. The first-order chi connectivity index (χ1) is 14.2. The van der Waals surface area contributed by atoms with Gasteiger partial charge in [-0.15, -0.1) is 0 Å². The van der Waals surface area contributed by atoms with Crippen LogP contribution in [-0.4, -0.2) is 50.4 Å². The topological polar surface area (TPSA) is 62.8 Å². The average molecular weight is 398 g/mol. The number of rotatable bonds is 9. The minimum Gasteiger partial charge on any atom is -0.494 e. The molecule has 29 heavy (non-hydrogen) atoms. The lowest BCUT2D eigenvalue weighted by Gasteiger charge is -2.26. The molecule has 2 N–H and O–H groups in total. The Morgan fingerprint density at radius 2 is 1.83 bits per heavy atom. The lowest BCUT2D eigenvalue weighted by molar-refractivity contribution is 0.0342. The molecule has 0 bridgehead atoms. The number of benzene rings is 2. The zero-order valence-corrected chi connectivity index (χ0v) is 17.2. The number of carbonyl (C=O) groups excluding carboxylic acids is 1. The Kier molecular flexibility index (Phi) is 8.34. The van der Waals surface area contributed by atoms with Crippen molar-refractivity contribution >= 4 is 6.03 Å². The van der Waals surface area contributed by atoms with Gasteiger partial charge in [-0.05, 0) is 42.2 Å². The maximum absolute atomic E-state index is 11.9. The van der Waals surface area contributed by atoms with E-state index in [9.17, 15) is 4.79 Å². The molecule has 2 aromatic carbocycles.